The van der Waals surface area contributed by atoms with Crippen LogP contribution < -0.4 is 5.32 Å². The lowest BCUT2D eigenvalue weighted by atomic mass is 9.98. The van der Waals surface area contributed by atoms with E-state index >= 15 is 0 Å². The van der Waals surface area contributed by atoms with E-state index < -0.39 is 0 Å². The molecule has 3 rings (SSSR count). The highest BCUT2D eigenvalue weighted by atomic mass is 16.5. The van der Waals surface area contributed by atoms with E-state index in [1.165, 1.54) is 4.68 Å². The van der Waals surface area contributed by atoms with Gasteiger partial charge in [-0.3, -0.25) is 14.8 Å². The maximum atomic E-state index is 11.9. The standard InChI is InChI=1S/C11H13N5O2/c1-16-6-9(13-15-16)10(17)12-11-7-4-2-3-5-8(7)14-18-11/h6H,2-5H2,1H3,(H,12,17). The van der Waals surface area contributed by atoms with E-state index in [1.807, 2.05) is 0 Å². The van der Waals surface area contributed by atoms with Gasteiger partial charge in [-0.15, -0.1) is 5.10 Å². The van der Waals surface area contributed by atoms with Gasteiger partial charge in [0.1, 0.15) is 0 Å². The average Bonchev–Trinajstić information content (AvgIpc) is 2.97. The van der Waals surface area contributed by atoms with Crippen molar-refractivity contribution in [3.05, 3.63) is 23.1 Å². The quantitative estimate of drug-likeness (QED) is 0.853. The van der Waals surface area contributed by atoms with E-state index in [9.17, 15) is 4.79 Å². The molecule has 2 aromatic rings. The first-order chi connectivity index (χ1) is 8.74. The highest BCUT2D eigenvalue weighted by molar-refractivity contribution is 6.02. The van der Waals surface area contributed by atoms with E-state index in [1.54, 1.807) is 13.2 Å². The van der Waals surface area contributed by atoms with Crippen molar-refractivity contribution in [1.29, 1.82) is 0 Å². The summed E-state index contributed by atoms with van der Waals surface area (Å²) in [5.74, 6) is 0.118. The van der Waals surface area contributed by atoms with Gasteiger partial charge in [0.2, 0.25) is 5.88 Å². The molecular weight excluding hydrogens is 234 g/mol. The van der Waals surface area contributed by atoms with Crippen LogP contribution in [0.2, 0.25) is 0 Å². The Bertz CT molecular complexity index is 586. The Hall–Kier alpha value is -2.18. The first-order valence-electron chi connectivity index (χ1n) is 5.89. The highest BCUT2D eigenvalue weighted by Crippen LogP contribution is 2.27. The van der Waals surface area contributed by atoms with Crippen LogP contribution in [0.25, 0.3) is 0 Å². The molecule has 2 heterocycles. The molecule has 7 heteroatoms. The van der Waals surface area contributed by atoms with Crippen molar-refractivity contribution in [3.8, 4) is 0 Å². The second-order valence-electron chi connectivity index (χ2n) is 4.38. The second kappa shape index (κ2) is 4.25. The third kappa shape index (κ3) is 1.87. The third-order valence-corrected chi connectivity index (χ3v) is 3.02. The van der Waals surface area contributed by atoms with Gasteiger partial charge in [-0.1, -0.05) is 10.4 Å². The minimum atomic E-state index is -0.326. The summed E-state index contributed by atoms with van der Waals surface area (Å²) in [7, 11) is 1.71. The van der Waals surface area contributed by atoms with Crippen LogP contribution in [0.4, 0.5) is 5.88 Å². The number of aryl methyl sites for hydroxylation is 2. The van der Waals surface area contributed by atoms with E-state index in [4.69, 9.17) is 4.52 Å². The van der Waals surface area contributed by atoms with Crippen molar-refractivity contribution < 1.29 is 9.32 Å². The summed E-state index contributed by atoms with van der Waals surface area (Å²) < 4.78 is 6.66. The number of hydrogen-bond donors (Lipinski definition) is 1. The summed E-state index contributed by atoms with van der Waals surface area (Å²) in [4.78, 5) is 11.9. The maximum absolute atomic E-state index is 11.9. The van der Waals surface area contributed by atoms with Crippen molar-refractivity contribution in [2.24, 2.45) is 7.05 Å². The van der Waals surface area contributed by atoms with Gasteiger partial charge in [-0.2, -0.15) is 0 Å². The number of rotatable bonds is 2. The topological polar surface area (TPSA) is 85.8 Å². The van der Waals surface area contributed by atoms with Gasteiger partial charge in [0.25, 0.3) is 5.91 Å². The Morgan fingerprint density at radius 1 is 1.44 bits per heavy atom. The molecule has 1 aliphatic rings. The van der Waals surface area contributed by atoms with E-state index in [-0.39, 0.29) is 11.6 Å². The molecule has 0 saturated heterocycles. The van der Waals surface area contributed by atoms with Crippen LogP contribution in [-0.4, -0.2) is 26.1 Å². The molecule has 1 aliphatic carbocycles. The molecule has 0 radical (unpaired) electrons. The number of aromatic nitrogens is 4. The summed E-state index contributed by atoms with van der Waals surface area (Å²) in [6.45, 7) is 0. The minimum Gasteiger partial charge on any atom is -0.338 e. The molecule has 0 fully saturated rings. The zero-order valence-corrected chi connectivity index (χ0v) is 10.0. The zero-order chi connectivity index (χ0) is 12.5. The predicted octanol–water partition coefficient (Wildman–Crippen LogP) is 0.934. The zero-order valence-electron chi connectivity index (χ0n) is 10.0. The van der Waals surface area contributed by atoms with Gasteiger partial charge in [0.05, 0.1) is 11.9 Å². The summed E-state index contributed by atoms with van der Waals surface area (Å²) >= 11 is 0. The van der Waals surface area contributed by atoms with Crippen LogP contribution in [0.1, 0.15) is 34.6 Å². The molecule has 0 bridgehead atoms. The lowest BCUT2D eigenvalue weighted by Gasteiger charge is -2.08. The normalized spacial score (nSPS) is 14.3. The van der Waals surface area contributed by atoms with Crippen molar-refractivity contribution in [1.82, 2.24) is 20.2 Å². The van der Waals surface area contributed by atoms with Gasteiger partial charge in [0.15, 0.2) is 5.69 Å². The van der Waals surface area contributed by atoms with Gasteiger partial charge in [-0.25, -0.2) is 0 Å². The molecule has 18 heavy (non-hydrogen) atoms. The SMILES string of the molecule is Cn1cc(C(=O)Nc2onc3c2CCCC3)nn1. The molecule has 0 aliphatic heterocycles. The lowest BCUT2D eigenvalue weighted by molar-refractivity contribution is 0.101. The van der Waals surface area contributed by atoms with Gasteiger partial charge in [-0.05, 0) is 25.7 Å². The van der Waals surface area contributed by atoms with E-state index in [2.05, 4.69) is 20.8 Å². The number of nitrogens with zero attached hydrogens (tertiary/aromatic N) is 4. The molecule has 0 saturated carbocycles. The Kier molecular flexibility index (Phi) is 2.58. The fraction of sp³-hybridized carbons (Fsp3) is 0.455. The Balaban J connectivity index is 1.80. The minimum absolute atomic E-state index is 0.262. The molecular formula is C11H13N5O2. The molecule has 1 amide bonds. The number of fused-ring (bicyclic) bond motifs is 1. The molecule has 0 atom stereocenters. The molecule has 0 spiro atoms. The molecule has 1 N–H and O–H groups in total. The van der Waals surface area contributed by atoms with E-state index in [0.717, 1.165) is 36.9 Å². The number of hydrogen-bond acceptors (Lipinski definition) is 5. The molecule has 0 unspecified atom stereocenters. The summed E-state index contributed by atoms with van der Waals surface area (Å²) in [5, 5.41) is 14.1. The van der Waals surface area contributed by atoms with Crippen molar-refractivity contribution in [3.63, 3.8) is 0 Å². The maximum Gasteiger partial charge on any atom is 0.280 e. The Morgan fingerprint density at radius 2 is 2.28 bits per heavy atom. The van der Waals surface area contributed by atoms with E-state index in [0.29, 0.717) is 5.88 Å². The van der Waals surface area contributed by atoms with Gasteiger partial charge >= 0.3 is 0 Å². The average molecular weight is 247 g/mol. The lowest BCUT2D eigenvalue weighted by Crippen LogP contribution is -2.14. The van der Waals surface area contributed by atoms with Crippen molar-refractivity contribution in [2.75, 3.05) is 5.32 Å². The van der Waals surface area contributed by atoms with Crippen LogP contribution in [0.5, 0.6) is 0 Å². The number of anilines is 1. The van der Waals surface area contributed by atoms with Crippen molar-refractivity contribution in [2.45, 2.75) is 25.7 Å². The largest absolute Gasteiger partial charge is 0.338 e. The second-order valence-corrected chi connectivity index (χ2v) is 4.38. The predicted molar refractivity (Wildman–Crippen MR) is 62.1 cm³/mol. The highest BCUT2D eigenvalue weighted by Gasteiger charge is 2.21. The Labute approximate surface area is 103 Å². The third-order valence-electron chi connectivity index (χ3n) is 3.02. The number of carbonyl (C=O) groups is 1. The van der Waals surface area contributed by atoms with Crippen LogP contribution in [0, 0.1) is 0 Å². The fourth-order valence-corrected chi connectivity index (χ4v) is 2.11. The monoisotopic (exact) mass is 247 g/mol. The van der Waals surface area contributed by atoms with Crippen molar-refractivity contribution >= 4 is 11.8 Å². The van der Waals surface area contributed by atoms with Crippen LogP contribution >= 0.6 is 0 Å². The molecule has 0 aromatic carbocycles. The fourth-order valence-electron chi connectivity index (χ4n) is 2.11. The van der Waals surface area contributed by atoms with Crippen LogP contribution in [0.3, 0.4) is 0 Å². The summed E-state index contributed by atoms with van der Waals surface area (Å²) in [6.07, 6.45) is 5.59. The number of carbonyl (C=O) groups excluding carboxylic acids is 1. The van der Waals surface area contributed by atoms with Gasteiger partial charge in [0, 0.05) is 12.6 Å². The molecule has 7 nitrogen and oxygen atoms in total. The van der Waals surface area contributed by atoms with Crippen LogP contribution in [-0.2, 0) is 19.9 Å². The molecule has 94 valence electrons. The van der Waals surface area contributed by atoms with Crippen LogP contribution in [0.15, 0.2) is 10.7 Å². The number of nitrogens with one attached hydrogen (secondary N) is 1. The first kappa shape index (κ1) is 10.9. The van der Waals surface area contributed by atoms with Gasteiger partial charge < -0.3 is 4.52 Å². The smallest absolute Gasteiger partial charge is 0.280 e. The molecule has 2 aromatic heterocycles. The summed E-state index contributed by atoms with van der Waals surface area (Å²) in [5.41, 5.74) is 2.23. The summed E-state index contributed by atoms with van der Waals surface area (Å²) in [6, 6.07) is 0. The first-order valence-corrected chi connectivity index (χ1v) is 5.89. The Morgan fingerprint density at radius 3 is 3.06 bits per heavy atom. The number of amides is 1.